The van der Waals surface area contributed by atoms with Gasteiger partial charge >= 0.3 is 11.9 Å². The van der Waals surface area contributed by atoms with Crippen LogP contribution >= 0.6 is 0 Å². The Bertz CT molecular complexity index is 573. The Morgan fingerprint density at radius 2 is 1.74 bits per heavy atom. The quantitative estimate of drug-likeness (QED) is 0.794. The second kappa shape index (κ2) is 7.62. The van der Waals surface area contributed by atoms with Crippen molar-refractivity contribution in [2.75, 3.05) is 7.11 Å². The minimum Gasteiger partial charge on any atom is -0.508 e. The molecule has 0 aliphatic heterocycles. The maximum Gasteiger partial charge on any atom is 0.328 e. The van der Waals surface area contributed by atoms with E-state index in [2.05, 4.69) is 10.1 Å². The van der Waals surface area contributed by atoms with Crippen molar-refractivity contribution in [3.63, 3.8) is 0 Å². The Balaban J connectivity index is 2.78. The predicted molar refractivity (Wildman–Crippen MR) is 81.8 cm³/mol. The van der Waals surface area contributed by atoms with E-state index in [9.17, 15) is 19.5 Å². The van der Waals surface area contributed by atoms with Gasteiger partial charge in [-0.3, -0.25) is 9.59 Å². The number of methoxy groups -OCH3 is 1. The first-order chi connectivity index (χ1) is 10.6. The number of hydrogen-bond donors (Lipinski definition) is 2. The molecular weight excluding hydrogens is 302 g/mol. The molecule has 23 heavy (non-hydrogen) atoms. The van der Waals surface area contributed by atoms with Gasteiger partial charge in [0.25, 0.3) is 5.91 Å². The van der Waals surface area contributed by atoms with E-state index in [-0.39, 0.29) is 17.7 Å². The van der Waals surface area contributed by atoms with E-state index in [1.54, 1.807) is 20.8 Å². The van der Waals surface area contributed by atoms with Crippen LogP contribution in [-0.4, -0.2) is 41.7 Å². The smallest absolute Gasteiger partial charge is 0.328 e. The molecule has 0 saturated carbocycles. The summed E-state index contributed by atoms with van der Waals surface area (Å²) in [4.78, 5) is 35.7. The highest BCUT2D eigenvalue weighted by atomic mass is 16.6. The zero-order valence-corrected chi connectivity index (χ0v) is 13.6. The van der Waals surface area contributed by atoms with Crippen LogP contribution in [0.5, 0.6) is 5.75 Å². The number of benzene rings is 1. The summed E-state index contributed by atoms with van der Waals surface area (Å²) in [5.74, 6) is -1.93. The maximum absolute atomic E-state index is 12.1. The van der Waals surface area contributed by atoms with Gasteiger partial charge in [-0.05, 0) is 45.0 Å². The Labute approximate surface area is 134 Å². The highest BCUT2D eigenvalue weighted by Crippen LogP contribution is 2.12. The molecule has 126 valence electrons. The highest BCUT2D eigenvalue weighted by Gasteiger charge is 2.27. The molecule has 0 bridgehead atoms. The average molecular weight is 323 g/mol. The summed E-state index contributed by atoms with van der Waals surface area (Å²) in [7, 11) is 1.16. The number of esters is 2. The first-order valence-corrected chi connectivity index (χ1v) is 7.02. The van der Waals surface area contributed by atoms with Crippen LogP contribution in [0.1, 0.15) is 37.6 Å². The van der Waals surface area contributed by atoms with Gasteiger partial charge in [-0.1, -0.05) is 0 Å². The Morgan fingerprint density at radius 3 is 2.22 bits per heavy atom. The summed E-state index contributed by atoms with van der Waals surface area (Å²) in [5.41, 5.74) is -0.459. The van der Waals surface area contributed by atoms with Gasteiger partial charge in [-0.2, -0.15) is 0 Å². The van der Waals surface area contributed by atoms with Gasteiger partial charge in [0.1, 0.15) is 17.4 Å². The molecule has 0 aliphatic carbocycles. The summed E-state index contributed by atoms with van der Waals surface area (Å²) in [6, 6.07) is 4.32. The third-order valence-electron chi connectivity index (χ3n) is 2.71. The predicted octanol–water partition coefficient (Wildman–Crippen LogP) is 1.40. The molecule has 7 nitrogen and oxygen atoms in total. The first kappa shape index (κ1) is 18.5. The lowest BCUT2D eigenvalue weighted by molar-refractivity contribution is -0.158. The van der Waals surface area contributed by atoms with Gasteiger partial charge in [-0.25, -0.2) is 4.79 Å². The molecule has 2 N–H and O–H groups in total. The van der Waals surface area contributed by atoms with E-state index in [1.807, 2.05) is 0 Å². The molecule has 0 saturated heterocycles. The molecule has 0 radical (unpaired) electrons. The van der Waals surface area contributed by atoms with Crippen LogP contribution in [0.15, 0.2) is 24.3 Å². The van der Waals surface area contributed by atoms with Crippen LogP contribution < -0.4 is 5.32 Å². The summed E-state index contributed by atoms with van der Waals surface area (Å²) >= 11 is 0. The standard InChI is InChI=1S/C16H21NO6/c1-16(2,3)23-13(19)9-12(15(21)22-4)17-14(20)10-5-7-11(18)8-6-10/h5-8,12,18H,9H2,1-4H3,(H,17,20)/t12-/m1/s1. The third kappa shape index (κ3) is 6.37. The van der Waals surface area contributed by atoms with E-state index in [0.29, 0.717) is 0 Å². The number of rotatable bonds is 5. The van der Waals surface area contributed by atoms with E-state index >= 15 is 0 Å². The number of ether oxygens (including phenoxy) is 2. The van der Waals surface area contributed by atoms with Gasteiger partial charge < -0.3 is 19.9 Å². The average Bonchev–Trinajstić information content (AvgIpc) is 2.44. The second-order valence-electron chi connectivity index (χ2n) is 5.89. The number of phenols is 1. The highest BCUT2D eigenvalue weighted by molar-refractivity contribution is 5.97. The fraction of sp³-hybridized carbons (Fsp3) is 0.438. The van der Waals surface area contributed by atoms with Crippen molar-refractivity contribution in [1.29, 1.82) is 0 Å². The SMILES string of the molecule is COC(=O)[C@@H](CC(=O)OC(C)(C)C)NC(=O)c1ccc(O)cc1. The molecule has 7 heteroatoms. The van der Waals surface area contributed by atoms with Crippen LogP contribution in [-0.2, 0) is 19.1 Å². The molecule has 0 fully saturated rings. The summed E-state index contributed by atoms with van der Waals surface area (Å²) in [6.45, 7) is 5.10. The summed E-state index contributed by atoms with van der Waals surface area (Å²) in [6.07, 6.45) is -0.340. The molecule has 0 spiro atoms. The lowest BCUT2D eigenvalue weighted by atomic mass is 10.1. The van der Waals surface area contributed by atoms with Crippen LogP contribution in [0.3, 0.4) is 0 Å². The largest absolute Gasteiger partial charge is 0.508 e. The number of aromatic hydroxyl groups is 1. The minimum atomic E-state index is -1.16. The van der Waals surface area contributed by atoms with Crippen LogP contribution in [0.25, 0.3) is 0 Å². The van der Waals surface area contributed by atoms with Crippen molar-refractivity contribution in [2.24, 2.45) is 0 Å². The second-order valence-corrected chi connectivity index (χ2v) is 5.89. The van der Waals surface area contributed by atoms with Crippen molar-refractivity contribution in [2.45, 2.75) is 38.8 Å². The number of nitrogens with one attached hydrogen (secondary N) is 1. The fourth-order valence-electron chi connectivity index (χ4n) is 1.74. The zero-order chi connectivity index (χ0) is 17.6. The molecule has 0 aliphatic rings. The molecule has 1 aromatic rings. The minimum absolute atomic E-state index is 0.0137. The molecule has 0 heterocycles. The molecule has 1 atom stereocenters. The van der Waals surface area contributed by atoms with Crippen LogP contribution in [0.4, 0.5) is 0 Å². The molecule has 1 amide bonds. The lowest BCUT2D eigenvalue weighted by Crippen LogP contribution is -2.43. The number of carbonyl (C=O) groups is 3. The number of carbonyl (C=O) groups excluding carboxylic acids is 3. The van der Waals surface area contributed by atoms with Gasteiger partial charge in [-0.15, -0.1) is 0 Å². The van der Waals surface area contributed by atoms with Gasteiger partial charge in [0.05, 0.1) is 13.5 Å². The van der Waals surface area contributed by atoms with Crippen molar-refractivity contribution >= 4 is 17.8 Å². The van der Waals surface area contributed by atoms with Gasteiger partial charge in [0.15, 0.2) is 0 Å². The van der Waals surface area contributed by atoms with E-state index in [1.165, 1.54) is 24.3 Å². The first-order valence-electron chi connectivity index (χ1n) is 7.02. The van der Waals surface area contributed by atoms with Crippen molar-refractivity contribution < 1.29 is 29.0 Å². The maximum atomic E-state index is 12.1. The van der Waals surface area contributed by atoms with Crippen LogP contribution in [0, 0.1) is 0 Å². The summed E-state index contributed by atoms with van der Waals surface area (Å²) < 4.78 is 9.73. The van der Waals surface area contributed by atoms with Crippen molar-refractivity contribution in [1.82, 2.24) is 5.32 Å². The summed E-state index contributed by atoms with van der Waals surface area (Å²) in [5, 5.41) is 11.6. The molecule has 1 rings (SSSR count). The normalized spacial score (nSPS) is 12.2. The molecule has 0 aromatic heterocycles. The third-order valence-corrected chi connectivity index (χ3v) is 2.71. The van der Waals surface area contributed by atoms with E-state index in [4.69, 9.17) is 4.74 Å². The van der Waals surface area contributed by atoms with Crippen molar-refractivity contribution in [3.8, 4) is 5.75 Å². The van der Waals surface area contributed by atoms with Crippen molar-refractivity contribution in [3.05, 3.63) is 29.8 Å². The van der Waals surface area contributed by atoms with Crippen LogP contribution in [0.2, 0.25) is 0 Å². The lowest BCUT2D eigenvalue weighted by Gasteiger charge is -2.22. The Morgan fingerprint density at radius 1 is 1.17 bits per heavy atom. The molecular formula is C16H21NO6. The molecule has 1 aromatic carbocycles. The van der Waals surface area contributed by atoms with Gasteiger partial charge in [0, 0.05) is 5.56 Å². The Hall–Kier alpha value is -2.57. The van der Waals surface area contributed by atoms with E-state index in [0.717, 1.165) is 7.11 Å². The number of hydrogen-bond acceptors (Lipinski definition) is 6. The topological polar surface area (TPSA) is 102 Å². The number of phenolic OH excluding ortho intramolecular Hbond substituents is 1. The number of amides is 1. The van der Waals surface area contributed by atoms with Gasteiger partial charge in [0.2, 0.25) is 0 Å². The molecule has 0 unspecified atom stereocenters. The fourth-order valence-corrected chi connectivity index (χ4v) is 1.74. The van der Waals surface area contributed by atoms with E-state index < -0.39 is 29.5 Å². The Kier molecular flexibility index (Phi) is 6.12. The zero-order valence-electron chi connectivity index (χ0n) is 13.6. The monoisotopic (exact) mass is 323 g/mol.